The van der Waals surface area contributed by atoms with Gasteiger partial charge in [-0.05, 0) is 31.3 Å². The van der Waals surface area contributed by atoms with E-state index in [1.54, 1.807) is 0 Å². The fourth-order valence-electron chi connectivity index (χ4n) is 0.794. The summed E-state index contributed by atoms with van der Waals surface area (Å²) in [6.07, 6.45) is 1.28. The van der Waals surface area contributed by atoms with Crippen molar-refractivity contribution in [3.8, 4) is 0 Å². The Bertz CT molecular complexity index is 81.2. The van der Waals surface area contributed by atoms with Gasteiger partial charge in [-0.3, -0.25) is 0 Å². The third kappa shape index (κ3) is 3.89. The summed E-state index contributed by atoms with van der Waals surface area (Å²) in [5.41, 5.74) is 0.469. The Labute approximate surface area is 65.2 Å². The van der Waals surface area contributed by atoms with Gasteiger partial charge in [0, 0.05) is 0 Å². The van der Waals surface area contributed by atoms with E-state index in [-0.39, 0.29) is 0 Å². The van der Waals surface area contributed by atoms with E-state index in [0.29, 0.717) is 5.41 Å². The highest BCUT2D eigenvalue weighted by Gasteiger charge is 2.18. The monoisotopic (exact) mass is 143 g/mol. The van der Waals surface area contributed by atoms with Crippen LogP contribution in [0, 0.1) is 11.3 Å². The lowest BCUT2D eigenvalue weighted by Gasteiger charge is -2.26. The van der Waals surface area contributed by atoms with E-state index in [1.165, 1.54) is 6.42 Å². The number of hydrogen-bond acceptors (Lipinski definition) is 1. The van der Waals surface area contributed by atoms with Gasteiger partial charge in [-0.1, -0.05) is 27.7 Å². The zero-order chi connectivity index (χ0) is 8.20. The number of rotatable bonds is 3. The summed E-state index contributed by atoms with van der Waals surface area (Å²) >= 11 is 0. The Morgan fingerprint density at radius 2 is 1.80 bits per heavy atom. The quantitative estimate of drug-likeness (QED) is 0.639. The minimum absolute atomic E-state index is 0.469. The van der Waals surface area contributed by atoms with Gasteiger partial charge in [0.05, 0.1) is 0 Å². The van der Waals surface area contributed by atoms with Gasteiger partial charge in [0.2, 0.25) is 0 Å². The molecule has 0 heterocycles. The van der Waals surface area contributed by atoms with Crippen molar-refractivity contribution < 1.29 is 0 Å². The predicted octanol–water partition coefficient (Wildman–Crippen LogP) is 2.28. The molecule has 0 spiro atoms. The SMILES string of the molecule is CNCCC(C)C(C)(C)C. The van der Waals surface area contributed by atoms with Gasteiger partial charge in [0.15, 0.2) is 0 Å². The molecule has 1 heteroatoms. The molecule has 0 aliphatic carbocycles. The van der Waals surface area contributed by atoms with Crippen molar-refractivity contribution in [2.75, 3.05) is 13.6 Å². The Balaban J connectivity index is 3.52. The highest BCUT2D eigenvalue weighted by molar-refractivity contribution is 4.69. The molecule has 0 aliphatic rings. The standard InChI is InChI=1S/C9H21N/c1-8(6-7-10-5)9(2,3)4/h8,10H,6-7H2,1-5H3. The fraction of sp³-hybridized carbons (Fsp3) is 1.00. The van der Waals surface area contributed by atoms with Crippen LogP contribution in [0.4, 0.5) is 0 Å². The van der Waals surface area contributed by atoms with Crippen molar-refractivity contribution >= 4 is 0 Å². The van der Waals surface area contributed by atoms with E-state index in [0.717, 1.165) is 12.5 Å². The van der Waals surface area contributed by atoms with Crippen molar-refractivity contribution in [1.29, 1.82) is 0 Å². The van der Waals surface area contributed by atoms with Crippen LogP contribution in [0.1, 0.15) is 34.1 Å². The van der Waals surface area contributed by atoms with Crippen LogP contribution < -0.4 is 5.32 Å². The normalized spacial score (nSPS) is 15.3. The summed E-state index contributed by atoms with van der Waals surface area (Å²) in [7, 11) is 2.01. The first-order valence-corrected chi connectivity index (χ1v) is 4.13. The van der Waals surface area contributed by atoms with Crippen LogP contribution in [-0.4, -0.2) is 13.6 Å². The lowest BCUT2D eigenvalue weighted by atomic mass is 9.80. The molecule has 1 nitrogen and oxygen atoms in total. The van der Waals surface area contributed by atoms with Crippen LogP contribution in [0.5, 0.6) is 0 Å². The molecule has 0 fully saturated rings. The molecular weight excluding hydrogens is 122 g/mol. The van der Waals surface area contributed by atoms with Gasteiger partial charge < -0.3 is 5.32 Å². The molecule has 10 heavy (non-hydrogen) atoms. The molecule has 0 aliphatic heterocycles. The summed E-state index contributed by atoms with van der Waals surface area (Å²) < 4.78 is 0. The molecule has 0 amide bonds. The van der Waals surface area contributed by atoms with Gasteiger partial charge in [-0.2, -0.15) is 0 Å². The van der Waals surface area contributed by atoms with E-state index in [9.17, 15) is 0 Å². The minimum Gasteiger partial charge on any atom is -0.320 e. The molecule has 62 valence electrons. The number of hydrogen-bond donors (Lipinski definition) is 1. The predicted molar refractivity (Wildman–Crippen MR) is 47.2 cm³/mol. The van der Waals surface area contributed by atoms with Gasteiger partial charge >= 0.3 is 0 Å². The zero-order valence-corrected chi connectivity index (χ0v) is 7.99. The maximum Gasteiger partial charge on any atom is -0.00492 e. The summed E-state index contributed by atoms with van der Waals surface area (Å²) in [5, 5.41) is 3.17. The zero-order valence-electron chi connectivity index (χ0n) is 7.99. The highest BCUT2D eigenvalue weighted by atomic mass is 14.8. The third-order valence-electron chi connectivity index (χ3n) is 2.31. The second kappa shape index (κ2) is 3.97. The summed E-state index contributed by atoms with van der Waals surface area (Å²) in [4.78, 5) is 0. The van der Waals surface area contributed by atoms with E-state index >= 15 is 0 Å². The molecule has 0 aromatic heterocycles. The largest absolute Gasteiger partial charge is 0.320 e. The molecule has 0 saturated heterocycles. The minimum atomic E-state index is 0.469. The summed E-state index contributed by atoms with van der Waals surface area (Å²) in [6.45, 7) is 10.4. The summed E-state index contributed by atoms with van der Waals surface area (Å²) in [6, 6.07) is 0. The number of nitrogens with one attached hydrogen (secondary N) is 1. The molecule has 1 atom stereocenters. The van der Waals surface area contributed by atoms with Crippen molar-refractivity contribution in [2.24, 2.45) is 11.3 Å². The highest BCUT2D eigenvalue weighted by Crippen LogP contribution is 2.27. The van der Waals surface area contributed by atoms with Crippen molar-refractivity contribution in [3.63, 3.8) is 0 Å². The Morgan fingerprint density at radius 1 is 1.30 bits per heavy atom. The average Bonchev–Trinajstić information content (AvgIpc) is 1.80. The Morgan fingerprint density at radius 3 is 2.10 bits per heavy atom. The molecule has 0 radical (unpaired) electrons. The molecule has 0 rings (SSSR count). The van der Waals surface area contributed by atoms with Crippen LogP contribution >= 0.6 is 0 Å². The van der Waals surface area contributed by atoms with Gasteiger partial charge in [-0.25, -0.2) is 0 Å². The molecule has 0 aromatic carbocycles. The van der Waals surface area contributed by atoms with Crippen LogP contribution in [0.25, 0.3) is 0 Å². The average molecular weight is 143 g/mol. The van der Waals surface area contributed by atoms with Gasteiger partial charge in [0.1, 0.15) is 0 Å². The maximum atomic E-state index is 3.17. The van der Waals surface area contributed by atoms with Crippen LogP contribution in [-0.2, 0) is 0 Å². The second-order valence-corrected chi connectivity index (χ2v) is 4.16. The van der Waals surface area contributed by atoms with Crippen LogP contribution in [0.15, 0.2) is 0 Å². The van der Waals surface area contributed by atoms with E-state index in [1.807, 2.05) is 7.05 Å². The van der Waals surface area contributed by atoms with Crippen molar-refractivity contribution in [1.82, 2.24) is 5.32 Å². The van der Waals surface area contributed by atoms with E-state index in [4.69, 9.17) is 0 Å². The molecule has 1 unspecified atom stereocenters. The first kappa shape index (κ1) is 9.96. The van der Waals surface area contributed by atoms with Gasteiger partial charge in [-0.15, -0.1) is 0 Å². The smallest absolute Gasteiger partial charge is 0.00492 e. The van der Waals surface area contributed by atoms with Crippen LogP contribution in [0.3, 0.4) is 0 Å². The van der Waals surface area contributed by atoms with Crippen molar-refractivity contribution in [2.45, 2.75) is 34.1 Å². The van der Waals surface area contributed by atoms with E-state index in [2.05, 4.69) is 33.0 Å². The molecule has 1 N–H and O–H groups in total. The molecule has 0 aromatic rings. The first-order chi connectivity index (χ1) is 4.48. The fourth-order valence-corrected chi connectivity index (χ4v) is 0.794. The lowest BCUT2D eigenvalue weighted by Crippen LogP contribution is -2.21. The maximum absolute atomic E-state index is 3.17. The Hall–Kier alpha value is -0.0400. The van der Waals surface area contributed by atoms with Crippen LogP contribution in [0.2, 0.25) is 0 Å². The molecular formula is C9H21N. The van der Waals surface area contributed by atoms with Gasteiger partial charge in [0.25, 0.3) is 0 Å². The second-order valence-electron chi connectivity index (χ2n) is 4.16. The molecule has 0 bridgehead atoms. The topological polar surface area (TPSA) is 12.0 Å². The van der Waals surface area contributed by atoms with Crippen molar-refractivity contribution in [3.05, 3.63) is 0 Å². The molecule has 0 saturated carbocycles. The summed E-state index contributed by atoms with van der Waals surface area (Å²) in [5.74, 6) is 0.806. The Kier molecular flexibility index (Phi) is 3.95. The first-order valence-electron chi connectivity index (χ1n) is 4.13. The lowest BCUT2D eigenvalue weighted by molar-refractivity contribution is 0.246. The third-order valence-corrected chi connectivity index (χ3v) is 2.31. The van der Waals surface area contributed by atoms with E-state index < -0.39 is 0 Å².